The van der Waals surface area contributed by atoms with Gasteiger partial charge in [0.2, 0.25) is 0 Å². The van der Waals surface area contributed by atoms with E-state index in [1.807, 2.05) is 31.2 Å². The maximum absolute atomic E-state index is 12.2. The van der Waals surface area contributed by atoms with Gasteiger partial charge in [-0.05, 0) is 54.6 Å². The van der Waals surface area contributed by atoms with Gasteiger partial charge < -0.3 is 15.2 Å². The van der Waals surface area contributed by atoms with E-state index < -0.39 is 0 Å². The van der Waals surface area contributed by atoms with Crippen LogP contribution in [0.3, 0.4) is 0 Å². The topological polar surface area (TPSA) is 70.9 Å². The molecule has 0 radical (unpaired) electrons. The van der Waals surface area contributed by atoms with Crippen molar-refractivity contribution >= 4 is 50.5 Å². The lowest BCUT2D eigenvalue weighted by molar-refractivity contribution is -0.115. The van der Waals surface area contributed by atoms with Gasteiger partial charge in [-0.2, -0.15) is 0 Å². The second-order valence-corrected chi connectivity index (χ2v) is 7.31. The van der Waals surface area contributed by atoms with Crippen molar-refractivity contribution < 1.29 is 14.6 Å². The third-order valence-electron chi connectivity index (χ3n) is 3.46. The summed E-state index contributed by atoms with van der Waals surface area (Å²) in [5.41, 5.74) is 2.36. The van der Waals surface area contributed by atoms with E-state index in [0.717, 1.165) is 15.7 Å². The molecule has 0 aliphatic carbocycles. The van der Waals surface area contributed by atoms with Gasteiger partial charge in [-0.15, -0.1) is 0 Å². The van der Waals surface area contributed by atoms with Gasteiger partial charge in [0, 0.05) is 10.0 Å². The fourth-order valence-corrected chi connectivity index (χ4v) is 3.58. The number of hydrogen-bond acceptors (Lipinski definition) is 5. The Hall–Kier alpha value is -2.25. The van der Waals surface area contributed by atoms with Crippen LogP contribution >= 0.6 is 27.7 Å². The number of benzene rings is 2. The number of hydrogen-bond donors (Lipinski definition) is 2. The maximum Gasteiger partial charge on any atom is 0.264 e. The average Bonchev–Trinajstić information content (AvgIpc) is 2.90. The van der Waals surface area contributed by atoms with E-state index >= 15 is 0 Å². The molecule has 0 aromatic heterocycles. The number of phenolic OH excluding ortho intramolecular Hbond substituents is 1. The number of amides is 1. The van der Waals surface area contributed by atoms with Gasteiger partial charge in [-0.25, -0.2) is 4.99 Å². The second-order valence-electron chi connectivity index (χ2n) is 5.37. The highest BCUT2D eigenvalue weighted by Crippen LogP contribution is 2.37. The fraction of sp³-hybridized carbons (Fsp3) is 0.111. The van der Waals surface area contributed by atoms with Crippen LogP contribution in [0.15, 0.2) is 50.8 Å². The SMILES string of the molecule is COc1cc(Br)cc(/C=C2\SC(=Nc3cccc(C)c3)NC2=O)c1O. The van der Waals surface area contributed by atoms with E-state index in [-0.39, 0.29) is 11.7 Å². The van der Waals surface area contributed by atoms with E-state index in [2.05, 4.69) is 26.2 Å². The summed E-state index contributed by atoms with van der Waals surface area (Å²) in [7, 11) is 1.47. The Morgan fingerprint density at radius 1 is 1.32 bits per heavy atom. The Labute approximate surface area is 157 Å². The lowest BCUT2D eigenvalue weighted by atomic mass is 10.1. The molecule has 5 nitrogen and oxygen atoms in total. The van der Waals surface area contributed by atoms with Crippen LogP contribution in [0, 0.1) is 6.92 Å². The minimum Gasteiger partial charge on any atom is -0.504 e. The van der Waals surface area contributed by atoms with Crippen LogP contribution in [-0.2, 0) is 4.79 Å². The molecule has 1 heterocycles. The molecule has 2 aromatic carbocycles. The van der Waals surface area contributed by atoms with Crippen molar-refractivity contribution in [3.05, 3.63) is 56.9 Å². The monoisotopic (exact) mass is 418 g/mol. The predicted octanol–water partition coefficient (Wildman–Crippen LogP) is 4.36. The number of aromatic hydroxyl groups is 1. The Balaban J connectivity index is 1.91. The molecule has 1 amide bonds. The van der Waals surface area contributed by atoms with E-state index in [1.165, 1.54) is 18.9 Å². The van der Waals surface area contributed by atoms with Gasteiger partial charge in [0.15, 0.2) is 16.7 Å². The third kappa shape index (κ3) is 4.05. The number of methoxy groups -OCH3 is 1. The van der Waals surface area contributed by atoms with E-state index in [9.17, 15) is 9.90 Å². The molecular formula is C18H15BrN2O3S. The van der Waals surface area contributed by atoms with Gasteiger partial charge in [-0.3, -0.25) is 4.79 Å². The summed E-state index contributed by atoms with van der Waals surface area (Å²) in [6, 6.07) is 11.1. The van der Waals surface area contributed by atoms with E-state index in [4.69, 9.17) is 4.74 Å². The zero-order valence-electron chi connectivity index (χ0n) is 13.5. The van der Waals surface area contributed by atoms with Crippen LogP contribution in [0.4, 0.5) is 5.69 Å². The van der Waals surface area contributed by atoms with Crippen LogP contribution in [0.25, 0.3) is 6.08 Å². The molecule has 1 saturated heterocycles. The zero-order chi connectivity index (χ0) is 18.0. The first-order chi connectivity index (χ1) is 12.0. The number of aryl methyl sites for hydroxylation is 1. The third-order valence-corrected chi connectivity index (χ3v) is 4.83. The molecule has 128 valence electrons. The highest BCUT2D eigenvalue weighted by molar-refractivity contribution is 9.10. The smallest absolute Gasteiger partial charge is 0.264 e. The fourth-order valence-electron chi connectivity index (χ4n) is 2.30. The predicted molar refractivity (Wildman–Crippen MR) is 104 cm³/mol. The zero-order valence-corrected chi connectivity index (χ0v) is 15.9. The summed E-state index contributed by atoms with van der Waals surface area (Å²) in [5, 5.41) is 13.5. The molecular weight excluding hydrogens is 404 g/mol. The number of carbonyl (C=O) groups is 1. The summed E-state index contributed by atoms with van der Waals surface area (Å²) < 4.78 is 5.87. The minimum atomic E-state index is -0.255. The highest BCUT2D eigenvalue weighted by Gasteiger charge is 2.24. The van der Waals surface area contributed by atoms with Crippen LogP contribution in [0.1, 0.15) is 11.1 Å². The van der Waals surface area contributed by atoms with Gasteiger partial charge in [0.25, 0.3) is 5.91 Å². The normalized spacial score (nSPS) is 17.2. The summed E-state index contributed by atoms with van der Waals surface area (Å²) in [4.78, 5) is 17.1. The first-order valence-electron chi connectivity index (χ1n) is 7.39. The van der Waals surface area contributed by atoms with Gasteiger partial charge in [0.05, 0.1) is 17.7 Å². The number of carbonyl (C=O) groups excluding carboxylic acids is 1. The van der Waals surface area contributed by atoms with Crippen LogP contribution in [0.2, 0.25) is 0 Å². The molecule has 7 heteroatoms. The van der Waals surface area contributed by atoms with Crippen molar-refractivity contribution in [3.63, 3.8) is 0 Å². The quantitative estimate of drug-likeness (QED) is 0.726. The number of aliphatic imine (C=N–C) groups is 1. The number of nitrogens with zero attached hydrogens (tertiary/aromatic N) is 1. The van der Waals surface area contributed by atoms with Crippen LogP contribution in [0.5, 0.6) is 11.5 Å². The molecule has 2 N–H and O–H groups in total. The van der Waals surface area contributed by atoms with Gasteiger partial charge in [0.1, 0.15) is 0 Å². The Morgan fingerprint density at radius 2 is 2.12 bits per heavy atom. The molecule has 0 saturated carbocycles. The maximum atomic E-state index is 12.2. The van der Waals surface area contributed by atoms with Crippen molar-refractivity contribution in [3.8, 4) is 11.5 Å². The standard InChI is InChI=1S/C18H15BrN2O3S/c1-10-4-3-5-13(6-10)20-18-21-17(23)15(25-18)8-11-7-12(19)9-14(24-2)16(11)22/h3-9,22H,1-2H3,(H,20,21,23)/b15-8-. The van der Waals surface area contributed by atoms with E-state index in [0.29, 0.717) is 21.4 Å². The molecule has 0 bridgehead atoms. The van der Waals surface area contributed by atoms with Gasteiger partial charge >= 0.3 is 0 Å². The molecule has 1 aliphatic heterocycles. The van der Waals surface area contributed by atoms with Crippen molar-refractivity contribution in [2.45, 2.75) is 6.92 Å². The Morgan fingerprint density at radius 3 is 2.84 bits per heavy atom. The number of thioether (sulfide) groups is 1. The molecule has 0 unspecified atom stereocenters. The number of ether oxygens (including phenoxy) is 1. The Bertz CT molecular complexity index is 909. The number of rotatable bonds is 3. The number of phenols is 1. The first-order valence-corrected chi connectivity index (χ1v) is 9.00. The van der Waals surface area contributed by atoms with E-state index in [1.54, 1.807) is 18.2 Å². The average molecular weight is 419 g/mol. The molecule has 2 aromatic rings. The summed E-state index contributed by atoms with van der Waals surface area (Å²) >= 11 is 4.59. The molecule has 1 aliphatic rings. The van der Waals surface area contributed by atoms with Crippen LogP contribution < -0.4 is 10.1 Å². The summed E-state index contributed by atoms with van der Waals surface area (Å²) in [5.74, 6) is 0.0590. The van der Waals surface area contributed by atoms with Crippen molar-refractivity contribution in [1.29, 1.82) is 0 Å². The lowest BCUT2D eigenvalue weighted by Crippen LogP contribution is -2.19. The van der Waals surface area contributed by atoms with Gasteiger partial charge in [-0.1, -0.05) is 28.1 Å². The molecule has 0 atom stereocenters. The summed E-state index contributed by atoms with van der Waals surface area (Å²) in [6.07, 6.45) is 1.61. The minimum absolute atomic E-state index is 0.0179. The van der Waals surface area contributed by atoms with Crippen molar-refractivity contribution in [2.75, 3.05) is 7.11 Å². The number of amidine groups is 1. The molecule has 0 spiro atoms. The largest absolute Gasteiger partial charge is 0.504 e. The number of halogens is 1. The summed E-state index contributed by atoms with van der Waals surface area (Å²) in [6.45, 7) is 1.98. The first kappa shape index (κ1) is 17.6. The van der Waals surface area contributed by atoms with Crippen molar-refractivity contribution in [2.24, 2.45) is 4.99 Å². The second kappa shape index (κ2) is 7.33. The lowest BCUT2D eigenvalue weighted by Gasteiger charge is -2.07. The highest BCUT2D eigenvalue weighted by atomic mass is 79.9. The molecule has 1 fully saturated rings. The van der Waals surface area contributed by atoms with Crippen LogP contribution in [-0.4, -0.2) is 23.3 Å². The Kier molecular flexibility index (Phi) is 5.15. The van der Waals surface area contributed by atoms with Crippen molar-refractivity contribution in [1.82, 2.24) is 5.32 Å². The molecule has 25 heavy (non-hydrogen) atoms. The number of nitrogens with one attached hydrogen (secondary N) is 1. The molecule has 3 rings (SSSR count).